The Morgan fingerprint density at radius 2 is 1.78 bits per heavy atom. The molecule has 146 valence electrons. The van der Waals surface area contributed by atoms with Crippen molar-refractivity contribution in [3.05, 3.63) is 46.5 Å². The average molecular weight is 393 g/mol. The maximum atomic E-state index is 12.5. The van der Waals surface area contributed by atoms with Gasteiger partial charge < -0.3 is 25.3 Å². The minimum Gasteiger partial charge on any atom is -0.496 e. The monoisotopic (exact) mass is 392 g/mol. The van der Waals surface area contributed by atoms with Crippen LogP contribution < -0.4 is 25.3 Å². The van der Waals surface area contributed by atoms with Crippen LogP contribution in [-0.2, 0) is 6.42 Å². The van der Waals surface area contributed by atoms with Gasteiger partial charge in [0.05, 0.1) is 36.6 Å². The third kappa shape index (κ3) is 5.44. The first-order chi connectivity index (χ1) is 13.0. The first kappa shape index (κ1) is 20.7. The second-order valence-electron chi connectivity index (χ2n) is 5.73. The first-order valence-electron chi connectivity index (χ1n) is 8.79. The summed E-state index contributed by atoms with van der Waals surface area (Å²) in [6, 6.07) is 8.82. The number of anilines is 1. The number of nitrogen functional groups attached to an aromatic ring is 1. The van der Waals surface area contributed by atoms with Gasteiger partial charge in [0.25, 0.3) is 5.91 Å². The highest BCUT2D eigenvalue weighted by atomic mass is 35.5. The van der Waals surface area contributed by atoms with Gasteiger partial charge in [-0.3, -0.25) is 4.79 Å². The van der Waals surface area contributed by atoms with Crippen molar-refractivity contribution in [1.29, 1.82) is 0 Å². The summed E-state index contributed by atoms with van der Waals surface area (Å²) in [6.45, 7) is 5.42. The fraction of sp³-hybridized carbons (Fsp3) is 0.350. The van der Waals surface area contributed by atoms with Gasteiger partial charge in [-0.05, 0) is 44.0 Å². The highest BCUT2D eigenvalue weighted by Crippen LogP contribution is 2.30. The summed E-state index contributed by atoms with van der Waals surface area (Å²) in [5.74, 6) is 1.53. The second-order valence-corrected chi connectivity index (χ2v) is 6.13. The fourth-order valence-electron chi connectivity index (χ4n) is 2.58. The number of carbonyl (C=O) groups excluding carboxylic acids is 1. The normalized spacial score (nSPS) is 10.4. The maximum absolute atomic E-state index is 12.5. The van der Waals surface area contributed by atoms with E-state index in [1.165, 1.54) is 19.2 Å². The molecule has 6 nitrogen and oxygen atoms in total. The third-order valence-electron chi connectivity index (χ3n) is 3.87. The van der Waals surface area contributed by atoms with E-state index >= 15 is 0 Å². The molecule has 0 saturated carbocycles. The number of benzene rings is 2. The molecule has 0 atom stereocenters. The van der Waals surface area contributed by atoms with Crippen molar-refractivity contribution < 1.29 is 19.0 Å². The number of nitrogens with two attached hydrogens (primary N) is 1. The summed E-state index contributed by atoms with van der Waals surface area (Å²) >= 11 is 6.02. The summed E-state index contributed by atoms with van der Waals surface area (Å²) in [7, 11) is 1.48. The van der Waals surface area contributed by atoms with Crippen molar-refractivity contribution in [1.82, 2.24) is 5.32 Å². The number of amides is 1. The van der Waals surface area contributed by atoms with Crippen LogP contribution in [0.3, 0.4) is 0 Å². The van der Waals surface area contributed by atoms with Gasteiger partial charge in [0.1, 0.15) is 5.75 Å². The van der Waals surface area contributed by atoms with Gasteiger partial charge in [0.15, 0.2) is 11.5 Å². The van der Waals surface area contributed by atoms with E-state index in [-0.39, 0.29) is 5.91 Å². The van der Waals surface area contributed by atoms with Crippen LogP contribution in [0.5, 0.6) is 17.2 Å². The molecule has 2 aromatic carbocycles. The minimum absolute atomic E-state index is 0.273. The number of carbonyl (C=O) groups is 1. The Bertz CT molecular complexity index is 796. The number of rotatable bonds is 9. The fourth-order valence-corrected chi connectivity index (χ4v) is 2.75. The molecule has 27 heavy (non-hydrogen) atoms. The lowest BCUT2D eigenvalue weighted by molar-refractivity contribution is 0.0951. The van der Waals surface area contributed by atoms with Crippen LogP contribution in [-0.4, -0.2) is 32.8 Å². The molecule has 2 aromatic rings. The molecule has 0 aliphatic carbocycles. The van der Waals surface area contributed by atoms with Crippen molar-refractivity contribution in [2.45, 2.75) is 20.3 Å². The lowest BCUT2D eigenvalue weighted by Gasteiger charge is -2.13. The SMILES string of the molecule is CCOc1ccc(CCNC(=O)c2cc(Cl)c(N)cc2OC)cc1OCC. The van der Waals surface area contributed by atoms with Gasteiger partial charge in [-0.2, -0.15) is 0 Å². The van der Waals surface area contributed by atoms with E-state index in [4.69, 9.17) is 31.5 Å². The quantitative estimate of drug-likeness (QED) is 0.636. The van der Waals surface area contributed by atoms with E-state index in [0.717, 1.165) is 5.56 Å². The Labute approximate surface area is 164 Å². The van der Waals surface area contributed by atoms with Gasteiger partial charge >= 0.3 is 0 Å². The topological polar surface area (TPSA) is 82.8 Å². The van der Waals surface area contributed by atoms with Gasteiger partial charge in [-0.15, -0.1) is 0 Å². The molecule has 0 aliphatic rings. The summed E-state index contributed by atoms with van der Waals surface area (Å²) in [6.07, 6.45) is 0.642. The Kier molecular flexibility index (Phi) is 7.61. The van der Waals surface area contributed by atoms with Crippen molar-refractivity contribution in [2.75, 3.05) is 32.6 Å². The molecule has 0 spiro atoms. The first-order valence-corrected chi connectivity index (χ1v) is 9.17. The number of halogens is 1. The average Bonchev–Trinajstić information content (AvgIpc) is 2.65. The summed E-state index contributed by atoms with van der Waals surface area (Å²) in [5, 5.41) is 3.18. The zero-order valence-electron chi connectivity index (χ0n) is 15.8. The van der Waals surface area contributed by atoms with Gasteiger partial charge in [0.2, 0.25) is 0 Å². The summed E-state index contributed by atoms with van der Waals surface area (Å²) < 4.78 is 16.4. The van der Waals surface area contributed by atoms with Gasteiger partial charge in [-0.25, -0.2) is 0 Å². The molecule has 0 saturated heterocycles. The molecular formula is C20H25ClN2O4. The number of ether oxygens (including phenoxy) is 3. The van der Waals surface area contributed by atoms with Gasteiger partial charge in [-0.1, -0.05) is 17.7 Å². The van der Waals surface area contributed by atoms with E-state index in [9.17, 15) is 4.79 Å². The lowest BCUT2D eigenvalue weighted by atomic mass is 10.1. The molecule has 0 heterocycles. The molecule has 0 unspecified atom stereocenters. The maximum Gasteiger partial charge on any atom is 0.255 e. The van der Waals surface area contributed by atoms with Crippen LogP contribution in [0.4, 0.5) is 5.69 Å². The summed E-state index contributed by atoms with van der Waals surface area (Å²) in [5.41, 5.74) is 7.49. The van der Waals surface area contributed by atoms with Crippen LogP contribution in [0, 0.1) is 0 Å². The van der Waals surface area contributed by atoms with Crippen molar-refractivity contribution in [3.8, 4) is 17.2 Å². The standard InChI is InChI=1S/C20H25ClN2O4/c1-4-26-17-7-6-13(10-19(17)27-5-2)8-9-23-20(24)14-11-15(21)16(22)12-18(14)25-3/h6-7,10-12H,4-5,8-9,22H2,1-3H3,(H,23,24). The lowest BCUT2D eigenvalue weighted by Crippen LogP contribution is -2.26. The predicted octanol–water partition coefficient (Wildman–Crippen LogP) is 3.70. The number of hydrogen-bond donors (Lipinski definition) is 2. The Morgan fingerprint density at radius 3 is 2.44 bits per heavy atom. The highest BCUT2D eigenvalue weighted by molar-refractivity contribution is 6.33. The largest absolute Gasteiger partial charge is 0.496 e. The smallest absolute Gasteiger partial charge is 0.255 e. The Hall–Kier alpha value is -2.60. The molecule has 2 rings (SSSR count). The van der Waals surface area contributed by atoms with Crippen molar-refractivity contribution in [3.63, 3.8) is 0 Å². The molecule has 1 amide bonds. The molecule has 3 N–H and O–H groups in total. The minimum atomic E-state index is -0.273. The van der Waals surface area contributed by atoms with Crippen molar-refractivity contribution in [2.24, 2.45) is 0 Å². The zero-order chi connectivity index (χ0) is 19.8. The van der Waals surface area contributed by atoms with E-state index in [1.54, 1.807) is 0 Å². The van der Waals surface area contributed by atoms with Crippen LogP contribution in [0.15, 0.2) is 30.3 Å². The molecule has 0 bridgehead atoms. The molecular weight excluding hydrogens is 368 g/mol. The number of methoxy groups -OCH3 is 1. The Morgan fingerprint density at radius 1 is 1.07 bits per heavy atom. The molecule has 0 aromatic heterocycles. The molecule has 0 fully saturated rings. The van der Waals surface area contributed by atoms with E-state index in [1.807, 2.05) is 32.0 Å². The molecule has 0 radical (unpaired) electrons. The third-order valence-corrected chi connectivity index (χ3v) is 4.20. The van der Waals surface area contributed by atoms with E-state index in [0.29, 0.717) is 59.7 Å². The predicted molar refractivity (Wildman–Crippen MR) is 107 cm³/mol. The molecule has 0 aliphatic heterocycles. The van der Waals surface area contributed by atoms with E-state index in [2.05, 4.69) is 5.32 Å². The number of hydrogen-bond acceptors (Lipinski definition) is 5. The zero-order valence-corrected chi connectivity index (χ0v) is 16.6. The number of nitrogens with one attached hydrogen (secondary N) is 1. The summed E-state index contributed by atoms with van der Waals surface area (Å²) in [4.78, 5) is 12.5. The van der Waals surface area contributed by atoms with Crippen molar-refractivity contribution >= 4 is 23.2 Å². The second kappa shape index (κ2) is 9.92. The highest BCUT2D eigenvalue weighted by Gasteiger charge is 2.15. The van der Waals surface area contributed by atoms with Crippen LogP contribution in [0.1, 0.15) is 29.8 Å². The van der Waals surface area contributed by atoms with E-state index < -0.39 is 0 Å². The Balaban J connectivity index is 2.03. The molecule has 7 heteroatoms. The van der Waals surface area contributed by atoms with Crippen LogP contribution in [0.2, 0.25) is 5.02 Å². The van der Waals surface area contributed by atoms with Crippen LogP contribution >= 0.6 is 11.6 Å². The van der Waals surface area contributed by atoms with Gasteiger partial charge in [0, 0.05) is 12.6 Å². The van der Waals surface area contributed by atoms with Crippen LogP contribution in [0.25, 0.3) is 0 Å².